The number of nitrogens with two attached hydrogens (primary N) is 1. The van der Waals surface area contributed by atoms with Crippen molar-refractivity contribution >= 4 is 40.6 Å². The van der Waals surface area contributed by atoms with Crippen molar-refractivity contribution in [3.05, 3.63) is 53.0 Å². The number of fused-ring (bicyclic) bond motifs is 2. The van der Waals surface area contributed by atoms with Crippen LogP contribution in [-0.2, 0) is 0 Å². The fourth-order valence-electron chi connectivity index (χ4n) is 4.12. The lowest BCUT2D eigenvalue weighted by molar-refractivity contribution is 0.403. The topological polar surface area (TPSA) is 99.9 Å². The molecule has 2 aromatic heterocycles. The fourth-order valence-corrected chi connectivity index (χ4v) is 4.12. The molecule has 3 heterocycles. The summed E-state index contributed by atoms with van der Waals surface area (Å²) in [6.07, 6.45) is 10.2. The highest BCUT2D eigenvalue weighted by atomic mass is 15.3. The summed E-state index contributed by atoms with van der Waals surface area (Å²) in [6, 6.07) is 12.6. The molecule has 1 saturated carbocycles. The first-order chi connectivity index (χ1) is 14.3. The standard InChI is InChI=1S/C22H25N7/c23-17-6-1-2-7-20(17)27-21-11-14-12-25-26-13-16(14)22(29-21)28-19-9-3-8-18-15(19)5-4-10-24-18/h3-5,8-13,17,20,25-27H,1-2,6-7,23H2,(H,28,29)/t17-,20+/m0/s1. The van der Waals surface area contributed by atoms with Crippen LogP contribution >= 0.6 is 0 Å². The van der Waals surface area contributed by atoms with Crippen molar-refractivity contribution in [3.8, 4) is 0 Å². The maximum atomic E-state index is 6.34. The number of nitrogens with zero attached hydrogens (tertiary/aromatic N) is 2. The molecule has 3 aromatic rings. The van der Waals surface area contributed by atoms with Gasteiger partial charge in [0.25, 0.3) is 0 Å². The van der Waals surface area contributed by atoms with Crippen LogP contribution in [0.3, 0.4) is 0 Å². The summed E-state index contributed by atoms with van der Waals surface area (Å²) in [5.74, 6) is 1.62. The van der Waals surface area contributed by atoms with E-state index in [1.54, 1.807) is 0 Å². The van der Waals surface area contributed by atoms with Gasteiger partial charge in [0, 0.05) is 52.2 Å². The van der Waals surface area contributed by atoms with E-state index in [4.69, 9.17) is 10.7 Å². The van der Waals surface area contributed by atoms with Crippen LogP contribution in [0.1, 0.15) is 25.7 Å². The van der Waals surface area contributed by atoms with Gasteiger partial charge in [-0.3, -0.25) is 4.98 Å². The van der Waals surface area contributed by atoms with Gasteiger partial charge in [0.15, 0.2) is 0 Å². The van der Waals surface area contributed by atoms with Crippen molar-refractivity contribution in [2.24, 2.45) is 5.73 Å². The number of nitrogens with one attached hydrogen (secondary N) is 4. The summed E-state index contributed by atoms with van der Waals surface area (Å²) in [4.78, 5) is 9.35. The van der Waals surface area contributed by atoms with E-state index < -0.39 is 0 Å². The second-order valence-corrected chi connectivity index (χ2v) is 7.64. The van der Waals surface area contributed by atoms with E-state index >= 15 is 0 Å². The largest absolute Gasteiger partial charge is 0.366 e. The third-order valence-electron chi connectivity index (χ3n) is 5.67. The summed E-state index contributed by atoms with van der Waals surface area (Å²) in [7, 11) is 0. The average molecular weight is 387 g/mol. The minimum absolute atomic E-state index is 0.164. The second kappa shape index (κ2) is 7.60. The van der Waals surface area contributed by atoms with Crippen LogP contribution in [0.5, 0.6) is 0 Å². The molecule has 0 radical (unpaired) electrons. The molecule has 2 atom stereocenters. The van der Waals surface area contributed by atoms with E-state index in [1.807, 2.05) is 42.9 Å². The average Bonchev–Trinajstić information content (AvgIpc) is 2.76. The second-order valence-electron chi connectivity index (χ2n) is 7.64. The van der Waals surface area contributed by atoms with Gasteiger partial charge in [-0.1, -0.05) is 18.9 Å². The Morgan fingerprint density at radius 1 is 1.03 bits per heavy atom. The third-order valence-corrected chi connectivity index (χ3v) is 5.67. The number of rotatable bonds is 4. The van der Waals surface area contributed by atoms with Gasteiger partial charge in [0.05, 0.1) is 5.52 Å². The zero-order chi connectivity index (χ0) is 19.6. The van der Waals surface area contributed by atoms with Gasteiger partial charge in [0.1, 0.15) is 11.6 Å². The molecule has 0 saturated heterocycles. The van der Waals surface area contributed by atoms with Gasteiger partial charge in [-0.05, 0) is 43.2 Å². The molecule has 0 unspecified atom stereocenters. The van der Waals surface area contributed by atoms with E-state index in [0.29, 0.717) is 0 Å². The van der Waals surface area contributed by atoms with Gasteiger partial charge in [-0.25, -0.2) is 4.98 Å². The highest BCUT2D eigenvalue weighted by Gasteiger charge is 2.22. The SMILES string of the molecule is N[C@H]1CCCC[C@H]1Nc1cc2c(c(Nc3cccc4ncccc34)n1)=CNNC=2. The Hall–Kier alpha value is -3.32. The molecule has 7 nitrogen and oxygen atoms in total. The van der Waals surface area contributed by atoms with Crippen molar-refractivity contribution in [3.63, 3.8) is 0 Å². The molecule has 0 amide bonds. The number of pyridine rings is 2. The molecule has 6 N–H and O–H groups in total. The van der Waals surface area contributed by atoms with E-state index in [-0.39, 0.29) is 12.1 Å². The number of anilines is 3. The Balaban J connectivity index is 1.55. The molecule has 2 aliphatic rings. The first-order valence-electron chi connectivity index (χ1n) is 10.1. The molecule has 1 aromatic carbocycles. The van der Waals surface area contributed by atoms with Crippen molar-refractivity contribution < 1.29 is 0 Å². The zero-order valence-corrected chi connectivity index (χ0v) is 16.2. The van der Waals surface area contributed by atoms with Crippen molar-refractivity contribution in [1.82, 2.24) is 20.8 Å². The lowest BCUT2D eigenvalue weighted by Gasteiger charge is -2.30. The lowest BCUT2D eigenvalue weighted by atomic mass is 9.91. The maximum absolute atomic E-state index is 6.34. The predicted molar refractivity (Wildman–Crippen MR) is 118 cm³/mol. The summed E-state index contributed by atoms with van der Waals surface area (Å²) in [5, 5.41) is 10.2. The van der Waals surface area contributed by atoms with Crippen LogP contribution < -0.4 is 37.7 Å². The number of hydrazine groups is 1. The molecule has 148 valence electrons. The lowest BCUT2D eigenvalue weighted by Crippen LogP contribution is -2.44. The predicted octanol–water partition coefficient (Wildman–Crippen LogP) is 1.64. The van der Waals surface area contributed by atoms with E-state index in [2.05, 4.69) is 38.6 Å². The third kappa shape index (κ3) is 3.56. The number of hydrogen-bond acceptors (Lipinski definition) is 7. The molecule has 1 fully saturated rings. The molecule has 29 heavy (non-hydrogen) atoms. The Labute approximate surface area is 169 Å². The molecular weight excluding hydrogens is 362 g/mol. The Bertz CT molecular complexity index is 1150. The monoisotopic (exact) mass is 387 g/mol. The van der Waals surface area contributed by atoms with Crippen LogP contribution in [-0.4, -0.2) is 22.1 Å². The molecule has 1 aliphatic carbocycles. The molecule has 0 bridgehead atoms. The normalized spacial score (nSPS) is 20.4. The minimum Gasteiger partial charge on any atom is -0.366 e. The summed E-state index contributed by atoms with van der Waals surface area (Å²) in [6.45, 7) is 0. The molecule has 0 spiro atoms. The summed E-state index contributed by atoms with van der Waals surface area (Å²) < 4.78 is 0. The number of hydrogen-bond donors (Lipinski definition) is 5. The van der Waals surface area contributed by atoms with Gasteiger partial charge >= 0.3 is 0 Å². The fraction of sp³-hybridized carbons (Fsp3) is 0.273. The smallest absolute Gasteiger partial charge is 0.142 e. The first kappa shape index (κ1) is 17.8. The molecule has 1 aliphatic heterocycles. The number of aromatic nitrogens is 2. The summed E-state index contributed by atoms with van der Waals surface area (Å²) >= 11 is 0. The van der Waals surface area contributed by atoms with Crippen molar-refractivity contribution in [1.29, 1.82) is 0 Å². The van der Waals surface area contributed by atoms with Crippen LogP contribution in [0.4, 0.5) is 17.3 Å². The van der Waals surface area contributed by atoms with Crippen LogP contribution in [0.2, 0.25) is 0 Å². The van der Waals surface area contributed by atoms with Gasteiger partial charge < -0.3 is 27.2 Å². The van der Waals surface area contributed by atoms with Gasteiger partial charge in [-0.15, -0.1) is 0 Å². The minimum atomic E-state index is 0.164. The Morgan fingerprint density at radius 3 is 2.86 bits per heavy atom. The number of benzene rings is 1. The van der Waals surface area contributed by atoms with Gasteiger partial charge in [-0.2, -0.15) is 0 Å². The first-order valence-corrected chi connectivity index (χ1v) is 10.1. The van der Waals surface area contributed by atoms with Crippen LogP contribution in [0, 0.1) is 0 Å². The van der Waals surface area contributed by atoms with Gasteiger partial charge in [0.2, 0.25) is 0 Å². The molecular formula is C22H25N7. The quantitative estimate of drug-likeness (QED) is 0.464. The van der Waals surface area contributed by atoms with Crippen LogP contribution in [0.15, 0.2) is 42.6 Å². The highest BCUT2D eigenvalue weighted by Crippen LogP contribution is 2.24. The van der Waals surface area contributed by atoms with Crippen molar-refractivity contribution in [2.45, 2.75) is 37.8 Å². The Morgan fingerprint density at radius 2 is 1.93 bits per heavy atom. The highest BCUT2D eigenvalue weighted by molar-refractivity contribution is 5.92. The Kier molecular flexibility index (Phi) is 4.65. The summed E-state index contributed by atoms with van der Waals surface area (Å²) in [5.41, 5.74) is 14.4. The van der Waals surface area contributed by atoms with Crippen LogP contribution in [0.25, 0.3) is 23.3 Å². The van der Waals surface area contributed by atoms with E-state index in [0.717, 1.165) is 51.5 Å². The van der Waals surface area contributed by atoms with E-state index in [1.165, 1.54) is 12.8 Å². The maximum Gasteiger partial charge on any atom is 0.142 e. The zero-order valence-electron chi connectivity index (χ0n) is 16.2. The molecule has 5 rings (SSSR count). The molecule has 7 heteroatoms. The van der Waals surface area contributed by atoms with E-state index in [9.17, 15) is 0 Å². The van der Waals surface area contributed by atoms with Crippen molar-refractivity contribution in [2.75, 3.05) is 10.6 Å².